The Balaban J connectivity index is 2.46. The van der Waals surface area contributed by atoms with Gasteiger partial charge in [-0.2, -0.15) is 0 Å². The Hall–Kier alpha value is -0.710. The summed E-state index contributed by atoms with van der Waals surface area (Å²) in [6.45, 7) is 7.05. The van der Waals surface area contributed by atoms with Crippen molar-refractivity contribution in [2.45, 2.75) is 33.2 Å². The van der Waals surface area contributed by atoms with Gasteiger partial charge < -0.3 is 5.32 Å². The molecule has 0 saturated carbocycles. The highest BCUT2D eigenvalue weighted by Crippen LogP contribution is 2.33. The molecular formula is C16H19BrFNS. The van der Waals surface area contributed by atoms with E-state index in [1.165, 1.54) is 11.1 Å². The second-order valence-electron chi connectivity index (χ2n) is 5.02. The zero-order valence-corrected chi connectivity index (χ0v) is 14.4. The minimum absolute atomic E-state index is 0.123. The summed E-state index contributed by atoms with van der Waals surface area (Å²) in [5.41, 5.74) is 4.41. The summed E-state index contributed by atoms with van der Waals surface area (Å²) in [7, 11) is 0. The van der Waals surface area contributed by atoms with E-state index < -0.39 is 0 Å². The van der Waals surface area contributed by atoms with Crippen molar-refractivity contribution in [3.63, 3.8) is 0 Å². The van der Waals surface area contributed by atoms with E-state index in [1.807, 2.05) is 13.8 Å². The Kier molecular flexibility index (Phi) is 5.35. The molecule has 2 rings (SSSR count). The Morgan fingerprint density at radius 2 is 1.90 bits per heavy atom. The minimum Gasteiger partial charge on any atom is -0.306 e. The fraction of sp³-hybridized carbons (Fsp3) is 0.375. The lowest BCUT2D eigenvalue weighted by Crippen LogP contribution is -2.24. The monoisotopic (exact) mass is 355 g/mol. The SMILES string of the molecule is CCCNC(c1csc(Br)c1)c1c(C)cc(F)cc1C. The summed E-state index contributed by atoms with van der Waals surface area (Å²) < 4.78 is 14.6. The standard InChI is InChI=1S/C16H19BrFNS/c1-4-5-19-16(12-8-14(17)20-9-12)15-10(2)6-13(18)7-11(15)3/h6-9,16,19H,4-5H2,1-3H3. The summed E-state index contributed by atoms with van der Waals surface area (Å²) >= 11 is 5.20. The van der Waals surface area contributed by atoms with Gasteiger partial charge in [-0.25, -0.2) is 4.39 Å². The van der Waals surface area contributed by atoms with Crippen LogP contribution in [-0.4, -0.2) is 6.54 Å². The highest BCUT2D eigenvalue weighted by atomic mass is 79.9. The first-order valence-electron chi connectivity index (χ1n) is 6.77. The van der Waals surface area contributed by atoms with Gasteiger partial charge in [-0.3, -0.25) is 0 Å². The number of hydrogen-bond acceptors (Lipinski definition) is 2. The number of thiophene rings is 1. The van der Waals surface area contributed by atoms with Crippen molar-refractivity contribution in [3.05, 3.63) is 55.4 Å². The van der Waals surface area contributed by atoms with Gasteiger partial charge in [-0.15, -0.1) is 11.3 Å². The number of rotatable bonds is 5. The summed E-state index contributed by atoms with van der Waals surface area (Å²) in [4.78, 5) is 0. The van der Waals surface area contributed by atoms with Crippen LogP contribution in [0.5, 0.6) is 0 Å². The lowest BCUT2D eigenvalue weighted by molar-refractivity contribution is 0.587. The molecule has 2 aromatic rings. The zero-order chi connectivity index (χ0) is 14.7. The molecule has 0 bridgehead atoms. The highest BCUT2D eigenvalue weighted by molar-refractivity contribution is 9.11. The number of hydrogen-bond donors (Lipinski definition) is 1. The van der Waals surface area contributed by atoms with Crippen LogP contribution in [0.2, 0.25) is 0 Å². The van der Waals surface area contributed by atoms with Gasteiger partial charge in [-0.05, 0) is 88.6 Å². The van der Waals surface area contributed by atoms with E-state index in [0.29, 0.717) is 0 Å². The van der Waals surface area contributed by atoms with Crippen LogP contribution in [0.4, 0.5) is 4.39 Å². The zero-order valence-electron chi connectivity index (χ0n) is 12.0. The third kappa shape index (κ3) is 3.48. The van der Waals surface area contributed by atoms with Crippen molar-refractivity contribution >= 4 is 27.3 Å². The van der Waals surface area contributed by atoms with Crippen molar-refractivity contribution in [2.24, 2.45) is 0 Å². The van der Waals surface area contributed by atoms with Crippen molar-refractivity contribution < 1.29 is 4.39 Å². The quantitative estimate of drug-likeness (QED) is 0.761. The van der Waals surface area contributed by atoms with Crippen LogP contribution >= 0.6 is 27.3 Å². The molecule has 1 atom stereocenters. The van der Waals surface area contributed by atoms with Gasteiger partial charge in [0, 0.05) is 0 Å². The second-order valence-corrected chi connectivity index (χ2v) is 7.32. The van der Waals surface area contributed by atoms with E-state index in [4.69, 9.17) is 0 Å². The predicted octanol–water partition coefficient (Wildman–Crippen LogP) is 5.36. The molecule has 0 radical (unpaired) electrons. The smallest absolute Gasteiger partial charge is 0.123 e. The molecule has 1 aromatic carbocycles. The number of benzene rings is 1. The van der Waals surface area contributed by atoms with E-state index >= 15 is 0 Å². The molecule has 0 fully saturated rings. The van der Waals surface area contributed by atoms with Crippen molar-refractivity contribution in [3.8, 4) is 0 Å². The average Bonchev–Trinajstić information content (AvgIpc) is 2.78. The molecule has 1 N–H and O–H groups in total. The van der Waals surface area contributed by atoms with Crippen LogP contribution in [0.25, 0.3) is 0 Å². The fourth-order valence-corrected chi connectivity index (χ4v) is 3.73. The van der Waals surface area contributed by atoms with E-state index in [-0.39, 0.29) is 11.9 Å². The van der Waals surface area contributed by atoms with Gasteiger partial charge in [0.05, 0.1) is 9.83 Å². The van der Waals surface area contributed by atoms with E-state index in [0.717, 1.165) is 27.9 Å². The van der Waals surface area contributed by atoms with Crippen molar-refractivity contribution in [1.82, 2.24) is 5.32 Å². The first-order chi connectivity index (χ1) is 9.52. The third-order valence-corrected chi connectivity index (χ3v) is 4.89. The van der Waals surface area contributed by atoms with E-state index in [2.05, 4.69) is 39.6 Å². The van der Waals surface area contributed by atoms with E-state index in [9.17, 15) is 4.39 Å². The molecule has 1 unspecified atom stereocenters. The molecule has 0 saturated heterocycles. The molecule has 20 heavy (non-hydrogen) atoms. The molecule has 1 heterocycles. The van der Waals surface area contributed by atoms with Gasteiger partial charge in [0.15, 0.2) is 0 Å². The normalized spacial score (nSPS) is 12.7. The third-order valence-electron chi connectivity index (χ3n) is 3.37. The Morgan fingerprint density at radius 1 is 1.25 bits per heavy atom. The van der Waals surface area contributed by atoms with Gasteiger partial charge >= 0.3 is 0 Å². The lowest BCUT2D eigenvalue weighted by atomic mass is 9.92. The maximum Gasteiger partial charge on any atom is 0.123 e. The maximum atomic E-state index is 13.5. The summed E-state index contributed by atoms with van der Waals surface area (Å²) in [5, 5.41) is 5.73. The van der Waals surface area contributed by atoms with Crippen molar-refractivity contribution in [2.75, 3.05) is 6.54 Å². The van der Waals surface area contributed by atoms with Crippen LogP contribution in [0.1, 0.15) is 41.6 Å². The molecule has 0 aliphatic heterocycles. The van der Waals surface area contributed by atoms with Gasteiger partial charge in [0.2, 0.25) is 0 Å². The number of nitrogens with one attached hydrogen (secondary N) is 1. The first-order valence-corrected chi connectivity index (χ1v) is 8.44. The summed E-state index contributed by atoms with van der Waals surface area (Å²) in [5.74, 6) is -0.163. The molecule has 1 aromatic heterocycles. The summed E-state index contributed by atoms with van der Waals surface area (Å²) in [6.07, 6.45) is 1.07. The first kappa shape index (κ1) is 15.7. The van der Waals surface area contributed by atoms with Crippen LogP contribution in [0, 0.1) is 19.7 Å². The molecular weight excluding hydrogens is 337 g/mol. The lowest BCUT2D eigenvalue weighted by Gasteiger charge is -2.22. The van der Waals surface area contributed by atoms with Crippen molar-refractivity contribution in [1.29, 1.82) is 0 Å². The molecule has 0 aliphatic carbocycles. The molecule has 0 spiro atoms. The van der Waals surface area contributed by atoms with Crippen LogP contribution in [0.3, 0.4) is 0 Å². The molecule has 0 amide bonds. The van der Waals surface area contributed by atoms with Gasteiger partial charge in [0.25, 0.3) is 0 Å². The predicted molar refractivity (Wildman–Crippen MR) is 88.0 cm³/mol. The fourth-order valence-electron chi connectivity index (χ4n) is 2.53. The van der Waals surface area contributed by atoms with E-state index in [1.54, 1.807) is 23.5 Å². The van der Waals surface area contributed by atoms with Crippen LogP contribution < -0.4 is 5.32 Å². The number of halogens is 2. The largest absolute Gasteiger partial charge is 0.306 e. The number of aryl methyl sites for hydroxylation is 2. The van der Waals surface area contributed by atoms with Gasteiger partial charge in [0.1, 0.15) is 5.82 Å². The highest BCUT2D eigenvalue weighted by Gasteiger charge is 2.19. The van der Waals surface area contributed by atoms with Crippen LogP contribution in [0.15, 0.2) is 27.4 Å². The van der Waals surface area contributed by atoms with Crippen LogP contribution in [-0.2, 0) is 0 Å². The molecule has 108 valence electrons. The maximum absolute atomic E-state index is 13.5. The Morgan fingerprint density at radius 3 is 2.40 bits per heavy atom. The second kappa shape index (κ2) is 6.83. The summed E-state index contributed by atoms with van der Waals surface area (Å²) in [6, 6.07) is 5.49. The topological polar surface area (TPSA) is 12.0 Å². The van der Waals surface area contributed by atoms with Gasteiger partial charge in [-0.1, -0.05) is 6.92 Å². The molecule has 0 aliphatic rings. The average molecular weight is 356 g/mol. The minimum atomic E-state index is -0.163. The molecule has 4 heteroatoms. The Labute approximate surface area is 132 Å². The Bertz CT molecular complexity index is 571. The molecule has 1 nitrogen and oxygen atoms in total.